The zero-order chi connectivity index (χ0) is 11.6. The Hall–Kier alpha value is -1.09. The lowest BCUT2D eigenvalue weighted by Crippen LogP contribution is -2.40. The van der Waals surface area contributed by atoms with E-state index in [0.717, 1.165) is 6.07 Å². The highest BCUT2D eigenvalue weighted by Crippen LogP contribution is 2.17. The van der Waals surface area contributed by atoms with Gasteiger partial charge in [0.2, 0.25) is 0 Å². The van der Waals surface area contributed by atoms with Crippen LogP contribution in [0.3, 0.4) is 0 Å². The SMILES string of the molecule is CC(C)(C)NC(=O)c1ccc(F)cc1Cl. The Balaban J connectivity index is 2.92. The van der Waals surface area contributed by atoms with Crippen molar-refractivity contribution in [1.82, 2.24) is 5.32 Å². The predicted octanol–water partition coefficient (Wildman–Crippen LogP) is 3.01. The molecule has 0 saturated carbocycles. The van der Waals surface area contributed by atoms with E-state index in [2.05, 4.69) is 5.32 Å². The van der Waals surface area contributed by atoms with Crippen molar-refractivity contribution in [3.8, 4) is 0 Å². The zero-order valence-electron chi connectivity index (χ0n) is 8.90. The lowest BCUT2D eigenvalue weighted by Gasteiger charge is -2.20. The van der Waals surface area contributed by atoms with Crippen molar-refractivity contribution in [2.24, 2.45) is 0 Å². The number of halogens is 2. The molecule has 2 nitrogen and oxygen atoms in total. The van der Waals surface area contributed by atoms with Gasteiger partial charge in [0.05, 0.1) is 10.6 Å². The number of amides is 1. The summed E-state index contributed by atoms with van der Waals surface area (Å²) in [6.07, 6.45) is 0. The van der Waals surface area contributed by atoms with Gasteiger partial charge in [-0.3, -0.25) is 4.79 Å². The van der Waals surface area contributed by atoms with Crippen molar-refractivity contribution in [2.45, 2.75) is 26.3 Å². The summed E-state index contributed by atoms with van der Waals surface area (Å²) in [4.78, 5) is 11.7. The molecule has 0 radical (unpaired) electrons. The van der Waals surface area contributed by atoms with E-state index in [9.17, 15) is 9.18 Å². The molecule has 0 aliphatic rings. The molecule has 82 valence electrons. The largest absolute Gasteiger partial charge is 0.347 e. The molecule has 1 amide bonds. The number of carbonyl (C=O) groups is 1. The Morgan fingerprint density at radius 1 is 1.40 bits per heavy atom. The van der Waals surface area contributed by atoms with E-state index < -0.39 is 5.82 Å². The van der Waals surface area contributed by atoms with Crippen LogP contribution < -0.4 is 5.32 Å². The van der Waals surface area contributed by atoms with Gasteiger partial charge < -0.3 is 5.32 Å². The fourth-order valence-electron chi connectivity index (χ4n) is 1.08. The third-order valence-electron chi connectivity index (χ3n) is 1.66. The third-order valence-corrected chi connectivity index (χ3v) is 1.98. The van der Waals surface area contributed by atoms with E-state index >= 15 is 0 Å². The van der Waals surface area contributed by atoms with Gasteiger partial charge in [-0.25, -0.2) is 4.39 Å². The molecule has 0 bridgehead atoms. The minimum Gasteiger partial charge on any atom is -0.347 e. The Kier molecular flexibility index (Phi) is 3.35. The van der Waals surface area contributed by atoms with Gasteiger partial charge in [0.15, 0.2) is 0 Å². The lowest BCUT2D eigenvalue weighted by atomic mass is 10.1. The van der Waals surface area contributed by atoms with Gasteiger partial charge in [-0.1, -0.05) is 11.6 Å². The Morgan fingerprint density at radius 2 is 2.00 bits per heavy atom. The fourth-order valence-corrected chi connectivity index (χ4v) is 1.33. The second-order valence-corrected chi connectivity index (χ2v) is 4.74. The number of benzene rings is 1. The molecule has 15 heavy (non-hydrogen) atoms. The van der Waals surface area contributed by atoms with Crippen molar-refractivity contribution < 1.29 is 9.18 Å². The third kappa shape index (κ3) is 3.51. The minimum atomic E-state index is -0.452. The number of carbonyl (C=O) groups excluding carboxylic acids is 1. The van der Waals surface area contributed by atoms with Crippen LogP contribution in [-0.4, -0.2) is 11.4 Å². The smallest absolute Gasteiger partial charge is 0.253 e. The standard InChI is InChI=1S/C11H13ClFNO/c1-11(2,3)14-10(15)8-5-4-7(13)6-9(8)12/h4-6H,1-3H3,(H,14,15). The number of hydrogen-bond donors (Lipinski definition) is 1. The Morgan fingerprint density at radius 3 is 2.47 bits per heavy atom. The quantitative estimate of drug-likeness (QED) is 0.788. The van der Waals surface area contributed by atoms with Crippen LogP contribution >= 0.6 is 11.6 Å². The number of nitrogens with one attached hydrogen (secondary N) is 1. The summed E-state index contributed by atoms with van der Waals surface area (Å²) in [6.45, 7) is 5.59. The van der Waals surface area contributed by atoms with Crippen LogP contribution in [0.25, 0.3) is 0 Å². The van der Waals surface area contributed by atoms with Gasteiger partial charge in [-0.15, -0.1) is 0 Å². The maximum Gasteiger partial charge on any atom is 0.253 e. The Labute approximate surface area is 93.4 Å². The van der Waals surface area contributed by atoms with Crippen molar-refractivity contribution in [3.63, 3.8) is 0 Å². The van der Waals surface area contributed by atoms with Crippen LogP contribution in [0, 0.1) is 5.82 Å². The molecule has 0 aliphatic heterocycles. The molecular formula is C11H13ClFNO. The second kappa shape index (κ2) is 4.19. The maximum atomic E-state index is 12.7. The summed E-state index contributed by atoms with van der Waals surface area (Å²) in [7, 11) is 0. The molecule has 0 aromatic heterocycles. The van der Waals surface area contributed by atoms with Gasteiger partial charge >= 0.3 is 0 Å². The molecule has 0 saturated heterocycles. The summed E-state index contributed by atoms with van der Waals surface area (Å²) in [5.74, 6) is -0.750. The van der Waals surface area contributed by atoms with Crippen molar-refractivity contribution >= 4 is 17.5 Å². The van der Waals surface area contributed by atoms with Crippen molar-refractivity contribution in [1.29, 1.82) is 0 Å². The molecule has 0 atom stereocenters. The minimum absolute atomic E-state index is 0.122. The van der Waals surface area contributed by atoms with Gasteiger partial charge in [0, 0.05) is 5.54 Å². The first-order valence-electron chi connectivity index (χ1n) is 4.57. The highest BCUT2D eigenvalue weighted by atomic mass is 35.5. The van der Waals surface area contributed by atoms with Crippen LogP contribution in [0.4, 0.5) is 4.39 Å². The lowest BCUT2D eigenvalue weighted by molar-refractivity contribution is 0.0919. The van der Waals surface area contributed by atoms with Crippen molar-refractivity contribution in [2.75, 3.05) is 0 Å². The van der Waals surface area contributed by atoms with Crippen LogP contribution in [0.2, 0.25) is 5.02 Å². The summed E-state index contributed by atoms with van der Waals surface area (Å²) >= 11 is 5.75. The first-order chi connectivity index (χ1) is 6.79. The van der Waals surface area contributed by atoms with Gasteiger partial charge in [-0.05, 0) is 39.0 Å². The predicted molar refractivity (Wildman–Crippen MR) is 58.6 cm³/mol. The molecule has 1 rings (SSSR count). The van der Waals surface area contributed by atoms with E-state index in [0.29, 0.717) is 0 Å². The molecule has 0 aliphatic carbocycles. The molecule has 4 heteroatoms. The number of hydrogen-bond acceptors (Lipinski definition) is 1. The van der Waals surface area contributed by atoms with Gasteiger partial charge in [0.1, 0.15) is 5.82 Å². The molecule has 0 unspecified atom stereocenters. The molecule has 0 spiro atoms. The average Bonchev–Trinajstić information content (AvgIpc) is 1.99. The molecule has 1 N–H and O–H groups in total. The topological polar surface area (TPSA) is 29.1 Å². The van der Waals surface area contributed by atoms with E-state index in [-0.39, 0.29) is 22.0 Å². The number of rotatable bonds is 1. The highest BCUT2D eigenvalue weighted by molar-refractivity contribution is 6.33. The maximum absolute atomic E-state index is 12.7. The summed E-state index contributed by atoms with van der Waals surface area (Å²) in [5.41, 5.74) is -0.0533. The molecule has 0 fully saturated rings. The zero-order valence-corrected chi connectivity index (χ0v) is 9.65. The molecule has 1 aromatic rings. The first-order valence-corrected chi connectivity index (χ1v) is 4.95. The van der Waals surface area contributed by atoms with E-state index in [4.69, 9.17) is 11.6 Å². The normalized spacial score (nSPS) is 11.3. The Bertz CT molecular complexity index is 385. The second-order valence-electron chi connectivity index (χ2n) is 4.33. The fraction of sp³-hybridized carbons (Fsp3) is 0.364. The van der Waals surface area contributed by atoms with Crippen LogP contribution in [-0.2, 0) is 0 Å². The van der Waals surface area contributed by atoms with E-state index in [1.165, 1.54) is 12.1 Å². The highest BCUT2D eigenvalue weighted by Gasteiger charge is 2.17. The van der Waals surface area contributed by atoms with Crippen molar-refractivity contribution in [3.05, 3.63) is 34.6 Å². The summed E-state index contributed by atoms with van der Waals surface area (Å²) in [6, 6.07) is 3.71. The van der Waals surface area contributed by atoms with Crippen LogP contribution in [0.15, 0.2) is 18.2 Å². The van der Waals surface area contributed by atoms with Gasteiger partial charge in [-0.2, -0.15) is 0 Å². The molecule has 0 heterocycles. The molecular weight excluding hydrogens is 217 g/mol. The van der Waals surface area contributed by atoms with Gasteiger partial charge in [0.25, 0.3) is 5.91 Å². The monoisotopic (exact) mass is 229 g/mol. The van der Waals surface area contributed by atoms with E-state index in [1.807, 2.05) is 20.8 Å². The van der Waals surface area contributed by atoms with Crippen LogP contribution in [0.5, 0.6) is 0 Å². The van der Waals surface area contributed by atoms with Crippen LogP contribution in [0.1, 0.15) is 31.1 Å². The molecule has 1 aromatic carbocycles. The summed E-state index contributed by atoms with van der Waals surface area (Å²) in [5, 5.41) is 2.87. The van der Waals surface area contributed by atoms with E-state index in [1.54, 1.807) is 0 Å². The summed E-state index contributed by atoms with van der Waals surface area (Å²) < 4.78 is 12.7. The average molecular weight is 230 g/mol. The first kappa shape index (κ1) is 12.0.